The minimum absolute atomic E-state index is 0.0830. The van der Waals surface area contributed by atoms with Gasteiger partial charge in [0.15, 0.2) is 23.5 Å². The van der Waals surface area contributed by atoms with Gasteiger partial charge in [0.1, 0.15) is 11.6 Å². The van der Waals surface area contributed by atoms with E-state index in [0.717, 1.165) is 5.82 Å². The van der Waals surface area contributed by atoms with Crippen LogP contribution in [0.15, 0.2) is 48.8 Å². The smallest absolute Gasteiger partial charge is 0.263 e. The third-order valence-electron chi connectivity index (χ3n) is 4.95. The third kappa shape index (κ3) is 4.24. The summed E-state index contributed by atoms with van der Waals surface area (Å²) < 4.78 is 21.0. The van der Waals surface area contributed by atoms with Crippen LogP contribution in [0.5, 0.6) is 5.75 Å². The number of carbonyl (C=O) groups excluding carboxylic acids is 1. The topological polar surface area (TPSA) is 76.4 Å². The van der Waals surface area contributed by atoms with Crippen LogP contribution in [0, 0.1) is 12.7 Å². The first-order valence-electron chi connectivity index (χ1n) is 9.82. The van der Waals surface area contributed by atoms with E-state index in [9.17, 15) is 9.18 Å². The molecule has 1 aliphatic heterocycles. The van der Waals surface area contributed by atoms with Gasteiger partial charge in [-0.2, -0.15) is 5.10 Å². The lowest BCUT2D eigenvalue weighted by Crippen LogP contribution is -2.52. The van der Waals surface area contributed by atoms with Crippen molar-refractivity contribution in [2.75, 3.05) is 31.1 Å². The second kappa shape index (κ2) is 8.48. The maximum absolute atomic E-state index is 13.8. The molecule has 0 bridgehead atoms. The van der Waals surface area contributed by atoms with Crippen LogP contribution in [-0.2, 0) is 4.79 Å². The van der Waals surface area contributed by atoms with Gasteiger partial charge in [0.05, 0.1) is 0 Å². The van der Waals surface area contributed by atoms with Crippen LogP contribution in [0.2, 0.25) is 0 Å². The molecule has 0 saturated carbocycles. The predicted molar refractivity (Wildman–Crippen MR) is 109 cm³/mol. The number of aromatic nitrogens is 4. The van der Waals surface area contributed by atoms with Crippen molar-refractivity contribution in [2.24, 2.45) is 0 Å². The van der Waals surface area contributed by atoms with Crippen LogP contribution in [0.1, 0.15) is 12.7 Å². The lowest BCUT2D eigenvalue weighted by atomic mass is 10.2. The monoisotopic (exact) mass is 410 g/mol. The van der Waals surface area contributed by atoms with Gasteiger partial charge in [0, 0.05) is 44.6 Å². The number of amides is 1. The Hall–Kier alpha value is -3.49. The molecule has 0 aliphatic carbocycles. The Labute approximate surface area is 173 Å². The molecule has 1 aliphatic rings. The summed E-state index contributed by atoms with van der Waals surface area (Å²) in [4.78, 5) is 25.6. The van der Waals surface area contributed by atoms with Crippen LogP contribution < -0.4 is 9.64 Å². The number of hydrogen-bond acceptors (Lipinski definition) is 6. The molecule has 8 nitrogen and oxygen atoms in total. The summed E-state index contributed by atoms with van der Waals surface area (Å²) in [5.41, 5.74) is 0. The quantitative estimate of drug-likeness (QED) is 0.642. The third-order valence-corrected chi connectivity index (χ3v) is 4.95. The molecule has 4 rings (SSSR count). The lowest BCUT2D eigenvalue weighted by molar-refractivity contribution is -0.138. The molecule has 1 fully saturated rings. The first kappa shape index (κ1) is 19.8. The van der Waals surface area contributed by atoms with Crippen molar-refractivity contribution in [3.05, 3.63) is 60.4 Å². The van der Waals surface area contributed by atoms with Crippen molar-refractivity contribution in [3.8, 4) is 11.6 Å². The highest BCUT2D eigenvalue weighted by atomic mass is 19.1. The molecule has 1 atom stereocenters. The van der Waals surface area contributed by atoms with Crippen LogP contribution in [-0.4, -0.2) is 62.8 Å². The molecule has 2 aromatic heterocycles. The molecule has 1 amide bonds. The predicted octanol–water partition coefficient (Wildman–Crippen LogP) is 2.23. The van der Waals surface area contributed by atoms with E-state index >= 15 is 0 Å². The largest absolute Gasteiger partial charge is 0.478 e. The highest BCUT2D eigenvalue weighted by Crippen LogP contribution is 2.20. The maximum Gasteiger partial charge on any atom is 0.263 e. The standard InChI is InChI=1S/C21H23FN6O2/c1-15(30-18-7-4-3-6-17(18)22)21(29)27-12-10-26(11-13-27)19-14-20(25-16(2)24-19)28-9-5-8-23-28/h3-9,14-15H,10-13H2,1-2H3. The first-order chi connectivity index (χ1) is 14.5. The number of hydrogen-bond donors (Lipinski definition) is 0. The fourth-order valence-electron chi connectivity index (χ4n) is 3.41. The number of ether oxygens (including phenoxy) is 1. The number of nitrogens with zero attached hydrogens (tertiary/aromatic N) is 6. The summed E-state index contributed by atoms with van der Waals surface area (Å²) in [6, 6.07) is 9.82. The molecule has 156 valence electrons. The normalized spacial score (nSPS) is 15.2. The molecule has 0 N–H and O–H groups in total. The molecule has 0 radical (unpaired) electrons. The number of aryl methyl sites for hydroxylation is 1. The van der Waals surface area contributed by atoms with E-state index < -0.39 is 11.9 Å². The van der Waals surface area contributed by atoms with Crippen molar-refractivity contribution < 1.29 is 13.9 Å². The molecule has 9 heteroatoms. The number of carbonyl (C=O) groups is 1. The minimum Gasteiger partial charge on any atom is -0.478 e. The van der Waals surface area contributed by atoms with Gasteiger partial charge in [0.2, 0.25) is 0 Å². The van der Waals surface area contributed by atoms with Crippen LogP contribution in [0.3, 0.4) is 0 Å². The second-order valence-electron chi connectivity index (χ2n) is 7.09. The summed E-state index contributed by atoms with van der Waals surface area (Å²) in [6.07, 6.45) is 2.77. The van der Waals surface area contributed by atoms with E-state index in [1.54, 1.807) is 34.8 Å². The number of piperazine rings is 1. The molecule has 1 saturated heterocycles. The number of para-hydroxylation sites is 1. The number of anilines is 1. The molecule has 3 aromatic rings. The van der Waals surface area contributed by atoms with Crippen molar-refractivity contribution in [3.63, 3.8) is 0 Å². The average molecular weight is 410 g/mol. The average Bonchev–Trinajstić information content (AvgIpc) is 3.29. The SMILES string of the molecule is Cc1nc(N2CCN(C(=O)C(C)Oc3ccccc3F)CC2)cc(-n2cccn2)n1. The van der Waals surface area contributed by atoms with Gasteiger partial charge in [-0.3, -0.25) is 4.79 Å². The molecule has 1 unspecified atom stereocenters. The van der Waals surface area contributed by atoms with Gasteiger partial charge in [-0.1, -0.05) is 12.1 Å². The van der Waals surface area contributed by atoms with Gasteiger partial charge in [-0.25, -0.2) is 19.0 Å². The van der Waals surface area contributed by atoms with Crippen LogP contribution in [0.4, 0.5) is 10.2 Å². The number of rotatable bonds is 5. The molecule has 1 aromatic carbocycles. The molecule has 30 heavy (non-hydrogen) atoms. The van der Waals surface area contributed by atoms with Gasteiger partial charge >= 0.3 is 0 Å². The highest BCUT2D eigenvalue weighted by molar-refractivity contribution is 5.81. The Morgan fingerprint density at radius 3 is 2.53 bits per heavy atom. The maximum atomic E-state index is 13.8. The highest BCUT2D eigenvalue weighted by Gasteiger charge is 2.27. The van der Waals surface area contributed by atoms with Crippen LogP contribution >= 0.6 is 0 Å². The Morgan fingerprint density at radius 2 is 1.83 bits per heavy atom. The van der Waals surface area contributed by atoms with Gasteiger partial charge in [-0.05, 0) is 32.0 Å². The summed E-state index contributed by atoms with van der Waals surface area (Å²) in [7, 11) is 0. The van der Waals surface area contributed by atoms with Gasteiger partial charge in [0.25, 0.3) is 5.91 Å². The van der Waals surface area contributed by atoms with E-state index in [1.807, 2.05) is 25.3 Å². The molecule has 3 heterocycles. The minimum atomic E-state index is -0.763. The summed E-state index contributed by atoms with van der Waals surface area (Å²) in [5, 5.41) is 4.22. The molecular weight excluding hydrogens is 387 g/mol. The van der Waals surface area contributed by atoms with Gasteiger partial charge < -0.3 is 14.5 Å². The fraction of sp³-hybridized carbons (Fsp3) is 0.333. The fourth-order valence-corrected chi connectivity index (χ4v) is 3.41. The van der Waals surface area contributed by atoms with Crippen molar-refractivity contribution in [1.29, 1.82) is 0 Å². The zero-order chi connectivity index (χ0) is 21.1. The molecule has 0 spiro atoms. The van der Waals surface area contributed by atoms with Crippen molar-refractivity contribution >= 4 is 11.7 Å². The van der Waals surface area contributed by atoms with Crippen molar-refractivity contribution in [2.45, 2.75) is 20.0 Å². The Balaban J connectivity index is 1.39. The van der Waals surface area contributed by atoms with E-state index in [2.05, 4.69) is 20.0 Å². The summed E-state index contributed by atoms with van der Waals surface area (Å²) >= 11 is 0. The molecular formula is C21H23FN6O2. The second-order valence-corrected chi connectivity index (χ2v) is 7.09. The van der Waals surface area contributed by atoms with E-state index in [0.29, 0.717) is 37.8 Å². The Kier molecular flexibility index (Phi) is 5.60. The number of halogens is 1. The zero-order valence-electron chi connectivity index (χ0n) is 16.9. The Morgan fingerprint density at radius 1 is 1.10 bits per heavy atom. The van der Waals surface area contributed by atoms with Gasteiger partial charge in [-0.15, -0.1) is 0 Å². The lowest BCUT2D eigenvalue weighted by Gasteiger charge is -2.36. The summed E-state index contributed by atoms with van der Waals surface area (Å²) in [5.74, 6) is 1.61. The summed E-state index contributed by atoms with van der Waals surface area (Å²) in [6.45, 7) is 5.82. The van der Waals surface area contributed by atoms with Crippen LogP contribution in [0.25, 0.3) is 5.82 Å². The first-order valence-corrected chi connectivity index (χ1v) is 9.82. The van der Waals surface area contributed by atoms with E-state index in [-0.39, 0.29) is 11.7 Å². The number of benzene rings is 1. The van der Waals surface area contributed by atoms with E-state index in [4.69, 9.17) is 4.74 Å². The van der Waals surface area contributed by atoms with E-state index in [1.165, 1.54) is 12.1 Å². The zero-order valence-corrected chi connectivity index (χ0v) is 16.9. The van der Waals surface area contributed by atoms with Crippen molar-refractivity contribution in [1.82, 2.24) is 24.6 Å². The Bertz CT molecular complexity index is 1020.